The third-order valence-electron chi connectivity index (χ3n) is 3.50. The van der Waals surface area contributed by atoms with Crippen molar-refractivity contribution in [2.75, 3.05) is 12.8 Å². The highest BCUT2D eigenvalue weighted by molar-refractivity contribution is 7.98. The zero-order valence-corrected chi connectivity index (χ0v) is 12.7. The van der Waals surface area contributed by atoms with E-state index in [9.17, 15) is 9.90 Å². The predicted molar refractivity (Wildman–Crippen MR) is 84.3 cm³/mol. The molecule has 0 amide bonds. The first kappa shape index (κ1) is 15.7. The number of carbonyl (C=O) groups is 1. The van der Waals surface area contributed by atoms with Gasteiger partial charge in [-0.05, 0) is 36.9 Å². The van der Waals surface area contributed by atoms with E-state index >= 15 is 0 Å². The molecular formula is C16H19NO3S. The van der Waals surface area contributed by atoms with Crippen molar-refractivity contribution in [3.8, 4) is 0 Å². The third kappa shape index (κ3) is 3.68. The maximum Gasteiger partial charge on any atom is 0.328 e. The normalized spacial score (nSPS) is 13.8. The zero-order valence-electron chi connectivity index (χ0n) is 11.9. The van der Waals surface area contributed by atoms with Crippen LogP contribution in [0.15, 0.2) is 53.1 Å². The first-order chi connectivity index (χ1) is 10.2. The summed E-state index contributed by atoms with van der Waals surface area (Å²) < 4.78 is 5.27. The van der Waals surface area contributed by atoms with E-state index in [4.69, 9.17) is 4.42 Å². The predicted octanol–water partition coefficient (Wildman–Crippen LogP) is 3.10. The lowest BCUT2D eigenvalue weighted by Gasteiger charge is -2.29. The monoisotopic (exact) mass is 305 g/mol. The number of thioether (sulfide) groups is 1. The van der Waals surface area contributed by atoms with E-state index in [0.29, 0.717) is 6.42 Å². The Kier molecular flexibility index (Phi) is 5.47. The molecule has 1 unspecified atom stereocenters. The summed E-state index contributed by atoms with van der Waals surface area (Å²) in [7, 11) is 1.69. The molecule has 1 atom stereocenters. The van der Waals surface area contributed by atoms with Gasteiger partial charge >= 0.3 is 5.97 Å². The highest BCUT2D eigenvalue weighted by Gasteiger charge is 2.38. The number of hydrogen-bond donors (Lipinski definition) is 2. The van der Waals surface area contributed by atoms with Crippen LogP contribution < -0.4 is 5.32 Å². The SMILES string of the molecule is CNC(CCSCc1ccco1)(C(=O)O)c1ccccc1. The van der Waals surface area contributed by atoms with Crippen molar-refractivity contribution in [1.82, 2.24) is 5.32 Å². The molecule has 5 heteroatoms. The van der Waals surface area contributed by atoms with Crippen molar-refractivity contribution in [2.45, 2.75) is 17.7 Å². The van der Waals surface area contributed by atoms with Crippen LogP contribution in [0.3, 0.4) is 0 Å². The Morgan fingerprint density at radius 2 is 2.05 bits per heavy atom. The summed E-state index contributed by atoms with van der Waals surface area (Å²) in [6, 6.07) is 13.1. The Hall–Kier alpha value is -1.72. The van der Waals surface area contributed by atoms with E-state index in [-0.39, 0.29) is 0 Å². The third-order valence-corrected chi connectivity index (χ3v) is 4.49. The summed E-state index contributed by atoms with van der Waals surface area (Å²) >= 11 is 1.67. The minimum atomic E-state index is -1.04. The molecule has 4 nitrogen and oxygen atoms in total. The zero-order chi connectivity index (χ0) is 15.1. The Morgan fingerprint density at radius 1 is 1.29 bits per heavy atom. The summed E-state index contributed by atoms with van der Waals surface area (Å²) in [6.07, 6.45) is 2.16. The highest BCUT2D eigenvalue weighted by Crippen LogP contribution is 2.28. The van der Waals surface area contributed by atoms with Gasteiger partial charge in [0.1, 0.15) is 11.3 Å². The second kappa shape index (κ2) is 7.33. The topological polar surface area (TPSA) is 62.5 Å². The van der Waals surface area contributed by atoms with Crippen LogP contribution in [-0.2, 0) is 16.1 Å². The van der Waals surface area contributed by atoms with Gasteiger partial charge in [-0.15, -0.1) is 0 Å². The van der Waals surface area contributed by atoms with Crippen molar-refractivity contribution in [1.29, 1.82) is 0 Å². The van der Waals surface area contributed by atoms with Crippen molar-refractivity contribution in [3.63, 3.8) is 0 Å². The van der Waals surface area contributed by atoms with Crippen molar-refractivity contribution < 1.29 is 14.3 Å². The summed E-state index contributed by atoms with van der Waals surface area (Å²) in [5.41, 5.74) is -0.268. The minimum Gasteiger partial charge on any atom is -0.480 e. The Morgan fingerprint density at radius 3 is 2.62 bits per heavy atom. The number of likely N-dealkylation sites (N-methyl/N-ethyl adjacent to an activating group) is 1. The molecule has 0 aliphatic heterocycles. The first-order valence-electron chi connectivity index (χ1n) is 6.77. The second-order valence-corrected chi connectivity index (χ2v) is 5.81. The molecule has 2 rings (SSSR count). The molecule has 2 aromatic rings. The van der Waals surface area contributed by atoms with E-state index in [1.54, 1.807) is 25.1 Å². The van der Waals surface area contributed by atoms with Crippen LogP contribution in [0.4, 0.5) is 0 Å². The number of carboxylic acid groups (broad SMARTS) is 1. The molecule has 1 heterocycles. The molecule has 1 aromatic carbocycles. The first-order valence-corrected chi connectivity index (χ1v) is 7.92. The van der Waals surface area contributed by atoms with Gasteiger partial charge < -0.3 is 14.8 Å². The van der Waals surface area contributed by atoms with Crippen LogP contribution in [0.2, 0.25) is 0 Å². The number of hydrogen-bond acceptors (Lipinski definition) is 4. The lowest BCUT2D eigenvalue weighted by atomic mass is 9.87. The molecule has 0 saturated carbocycles. The minimum absolute atomic E-state index is 0.508. The number of aliphatic carboxylic acids is 1. The smallest absolute Gasteiger partial charge is 0.328 e. The van der Waals surface area contributed by atoms with Gasteiger partial charge in [-0.25, -0.2) is 4.79 Å². The molecule has 0 radical (unpaired) electrons. The fourth-order valence-corrected chi connectivity index (χ4v) is 3.23. The van der Waals surface area contributed by atoms with Gasteiger partial charge in [0.25, 0.3) is 0 Å². The van der Waals surface area contributed by atoms with E-state index in [1.807, 2.05) is 42.5 Å². The summed E-state index contributed by atoms with van der Waals surface area (Å²) in [6.45, 7) is 0. The van der Waals surface area contributed by atoms with Crippen LogP contribution in [0.5, 0.6) is 0 Å². The Bertz CT molecular complexity index is 556. The van der Waals surface area contributed by atoms with E-state index in [2.05, 4.69) is 5.32 Å². The lowest BCUT2D eigenvalue weighted by molar-refractivity contribution is -0.145. The van der Waals surface area contributed by atoms with Crippen LogP contribution in [0.1, 0.15) is 17.7 Å². The molecule has 112 valence electrons. The van der Waals surface area contributed by atoms with Gasteiger partial charge in [-0.3, -0.25) is 0 Å². The largest absolute Gasteiger partial charge is 0.480 e. The van der Waals surface area contributed by atoms with Crippen LogP contribution in [0, 0.1) is 0 Å². The van der Waals surface area contributed by atoms with Gasteiger partial charge in [-0.2, -0.15) is 11.8 Å². The van der Waals surface area contributed by atoms with Crippen LogP contribution in [-0.4, -0.2) is 23.9 Å². The fraction of sp³-hybridized carbons (Fsp3) is 0.312. The molecule has 0 spiro atoms. The quantitative estimate of drug-likeness (QED) is 0.734. The maximum atomic E-state index is 11.8. The van der Waals surface area contributed by atoms with Gasteiger partial charge in [-0.1, -0.05) is 30.3 Å². The second-order valence-electron chi connectivity index (χ2n) is 4.71. The fourth-order valence-electron chi connectivity index (χ4n) is 2.27. The summed E-state index contributed by atoms with van der Waals surface area (Å²) in [5, 5.41) is 12.7. The molecule has 0 aliphatic carbocycles. The molecule has 21 heavy (non-hydrogen) atoms. The van der Waals surface area contributed by atoms with E-state index in [0.717, 1.165) is 22.8 Å². The average Bonchev–Trinajstić information content (AvgIpc) is 3.01. The number of nitrogens with one attached hydrogen (secondary N) is 1. The van der Waals surface area contributed by atoms with E-state index < -0.39 is 11.5 Å². The van der Waals surface area contributed by atoms with Gasteiger partial charge in [0.05, 0.1) is 12.0 Å². The average molecular weight is 305 g/mol. The number of benzene rings is 1. The van der Waals surface area contributed by atoms with Gasteiger partial charge in [0.2, 0.25) is 0 Å². The Balaban J connectivity index is 2.01. The van der Waals surface area contributed by atoms with Crippen molar-refractivity contribution >= 4 is 17.7 Å². The van der Waals surface area contributed by atoms with Crippen molar-refractivity contribution in [3.05, 3.63) is 60.1 Å². The van der Waals surface area contributed by atoms with Gasteiger partial charge in [0, 0.05) is 0 Å². The maximum absolute atomic E-state index is 11.8. The molecule has 0 fully saturated rings. The lowest BCUT2D eigenvalue weighted by Crippen LogP contribution is -2.47. The standard InChI is InChI=1S/C16H19NO3S/c1-17-16(15(18)19,13-6-3-2-4-7-13)9-11-21-12-14-8-5-10-20-14/h2-8,10,17H,9,11-12H2,1H3,(H,18,19). The van der Waals surface area contributed by atoms with Crippen LogP contribution >= 0.6 is 11.8 Å². The van der Waals surface area contributed by atoms with Gasteiger partial charge in [0.15, 0.2) is 0 Å². The number of furan rings is 1. The molecule has 0 saturated heterocycles. The summed E-state index contributed by atoms with van der Waals surface area (Å²) in [5.74, 6) is 1.53. The van der Waals surface area contributed by atoms with Crippen LogP contribution in [0.25, 0.3) is 0 Å². The molecule has 0 bridgehead atoms. The molecule has 2 N–H and O–H groups in total. The molecular weight excluding hydrogens is 286 g/mol. The summed E-state index contributed by atoms with van der Waals surface area (Å²) in [4.78, 5) is 11.8. The molecule has 1 aromatic heterocycles. The van der Waals surface area contributed by atoms with Crippen molar-refractivity contribution in [2.24, 2.45) is 0 Å². The Labute approximate surface area is 128 Å². The number of carboxylic acids is 1. The molecule has 0 aliphatic rings. The van der Waals surface area contributed by atoms with E-state index in [1.165, 1.54) is 0 Å². The highest BCUT2D eigenvalue weighted by atomic mass is 32.2. The number of rotatable bonds is 8.